The second-order valence-corrected chi connectivity index (χ2v) is 6.14. The van der Waals surface area contributed by atoms with E-state index in [2.05, 4.69) is 15.3 Å². The zero-order valence-electron chi connectivity index (χ0n) is 13.2. The summed E-state index contributed by atoms with van der Waals surface area (Å²) in [6.07, 6.45) is 2.33. The molecule has 0 bridgehead atoms. The predicted octanol–water partition coefficient (Wildman–Crippen LogP) is 4.33. The van der Waals surface area contributed by atoms with Gasteiger partial charge < -0.3 is 14.8 Å². The third-order valence-corrected chi connectivity index (χ3v) is 4.28. The van der Waals surface area contributed by atoms with E-state index in [0.717, 1.165) is 17.3 Å². The Morgan fingerprint density at radius 3 is 2.96 bits per heavy atom. The summed E-state index contributed by atoms with van der Waals surface area (Å²) in [4.78, 5) is 8.62. The van der Waals surface area contributed by atoms with Crippen LogP contribution < -0.4 is 10.1 Å². The fourth-order valence-electron chi connectivity index (χ4n) is 2.77. The molecule has 0 spiro atoms. The standard InChI is InChI=1S/C18H15ClFN3O2/c19-13-8-11(4-5-14(13)20)23-18-17-15(21-10-22-18)2-1-3-16(17)25-12-6-7-24-9-12/h1-5,8,10,12H,6-7,9H2,(H,21,22,23). The van der Waals surface area contributed by atoms with Gasteiger partial charge >= 0.3 is 0 Å². The molecule has 2 aromatic carbocycles. The maximum absolute atomic E-state index is 13.4. The molecule has 3 aromatic rings. The number of hydrogen-bond donors (Lipinski definition) is 1. The first-order chi connectivity index (χ1) is 12.2. The van der Waals surface area contributed by atoms with Crippen LogP contribution in [0.25, 0.3) is 10.9 Å². The zero-order chi connectivity index (χ0) is 17.2. The van der Waals surface area contributed by atoms with Gasteiger partial charge in [-0.3, -0.25) is 0 Å². The Hall–Kier alpha value is -2.44. The van der Waals surface area contributed by atoms with Crippen molar-refractivity contribution < 1.29 is 13.9 Å². The fourth-order valence-corrected chi connectivity index (χ4v) is 2.95. The predicted molar refractivity (Wildman–Crippen MR) is 94.1 cm³/mol. The Labute approximate surface area is 148 Å². The number of rotatable bonds is 4. The highest BCUT2D eigenvalue weighted by Crippen LogP contribution is 2.33. The average Bonchev–Trinajstić information content (AvgIpc) is 3.12. The minimum absolute atomic E-state index is 0.0129. The Morgan fingerprint density at radius 1 is 1.24 bits per heavy atom. The number of anilines is 2. The summed E-state index contributed by atoms with van der Waals surface area (Å²) in [5, 5.41) is 3.97. The van der Waals surface area contributed by atoms with Crippen LogP contribution in [0.4, 0.5) is 15.9 Å². The van der Waals surface area contributed by atoms with Crippen molar-refractivity contribution in [1.82, 2.24) is 9.97 Å². The van der Waals surface area contributed by atoms with Gasteiger partial charge in [-0.15, -0.1) is 0 Å². The summed E-state index contributed by atoms with van der Waals surface area (Å²) in [6.45, 7) is 1.27. The van der Waals surface area contributed by atoms with Gasteiger partial charge in [-0.25, -0.2) is 14.4 Å². The lowest BCUT2D eigenvalue weighted by atomic mass is 10.2. The Morgan fingerprint density at radius 2 is 2.16 bits per heavy atom. The molecule has 1 aliphatic rings. The number of hydrogen-bond acceptors (Lipinski definition) is 5. The minimum atomic E-state index is -0.468. The first kappa shape index (κ1) is 16.1. The monoisotopic (exact) mass is 359 g/mol. The lowest BCUT2D eigenvalue weighted by Gasteiger charge is -2.16. The molecule has 0 amide bonds. The highest BCUT2D eigenvalue weighted by atomic mass is 35.5. The zero-order valence-corrected chi connectivity index (χ0v) is 14.0. The molecule has 1 N–H and O–H groups in total. The molecule has 1 unspecified atom stereocenters. The van der Waals surface area contributed by atoms with E-state index < -0.39 is 5.82 Å². The van der Waals surface area contributed by atoms with Crippen molar-refractivity contribution in [2.75, 3.05) is 18.5 Å². The Bertz CT molecular complexity index is 911. The largest absolute Gasteiger partial charge is 0.487 e. The summed E-state index contributed by atoms with van der Waals surface area (Å²) in [5.41, 5.74) is 1.38. The van der Waals surface area contributed by atoms with E-state index in [9.17, 15) is 4.39 Å². The van der Waals surface area contributed by atoms with Crippen molar-refractivity contribution in [1.29, 1.82) is 0 Å². The van der Waals surface area contributed by atoms with Gasteiger partial charge in [0.1, 0.15) is 29.8 Å². The molecule has 1 aromatic heterocycles. The van der Waals surface area contributed by atoms with E-state index >= 15 is 0 Å². The molecule has 0 radical (unpaired) electrons. The van der Waals surface area contributed by atoms with Crippen molar-refractivity contribution in [3.05, 3.63) is 53.6 Å². The van der Waals surface area contributed by atoms with Crippen LogP contribution in [0.2, 0.25) is 5.02 Å². The van der Waals surface area contributed by atoms with Gasteiger partial charge in [0, 0.05) is 12.1 Å². The normalized spacial score (nSPS) is 17.0. The first-order valence-electron chi connectivity index (χ1n) is 7.91. The summed E-state index contributed by atoms with van der Waals surface area (Å²) in [5.74, 6) is 0.788. The van der Waals surface area contributed by atoms with Gasteiger partial charge in [-0.05, 0) is 30.3 Å². The highest BCUT2D eigenvalue weighted by Gasteiger charge is 2.19. The van der Waals surface area contributed by atoms with E-state index in [1.807, 2.05) is 18.2 Å². The molecule has 128 valence electrons. The molecule has 7 heteroatoms. The summed E-state index contributed by atoms with van der Waals surface area (Å²) >= 11 is 5.86. The molecule has 1 saturated heterocycles. The molecular weight excluding hydrogens is 345 g/mol. The number of aromatic nitrogens is 2. The number of halogens is 2. The van der Waals surface area contributed by atoms with E-state index in [-0.39, 0.29) is 11.1 Å². The van der Waals surface area contributed by atoms with Crippen molar-refractivity contribution >= 4 is 34.0 Å². The molecule has 4 rings (SSSR count). The first-order valence-corrected chi connectivity index (χ1v) is 8.29. The Balaban J connectivity index is 1.73. The van der Waals surface area contributed by atoms with Crippen molar-refractivity contribution in [3.8, 4) is 5.75 Å². The topological polar surface area (TPSA) is 56.3 Å². The van der Waals surface area contributed by atoms with Crippen LogP contribution in [-0.2, 0) is 4.74 Å². The molecule has 5 nitrogen and oxygen atoms in total. The van der Waals surface area contributed by atoms with Gasteiger partial charge in [0.05, 0.1) is 29.1 Å². The van der Waals surface area contributed by atoms with Gasteiger partial charge in [0.25, 0.3) is 0 Å². The highest BCUT2D eigenvalue weighted by molar-refractivity contribution is 6.31. The number of nitrogens with zero attached hydrogens (tertiary/aromatic N) is 2. The maximum atomic E-state index is 13.4. The molecular formula is C18H15ClFN3O2. The van der Waals surface area contributed by atoms with Gasteiger partial charge in [-0.1, -0.05) is 17.7 Å². The van der Waals surface area contributed by atoms with Crippen molar-refractivity contribution in [2.24, 2.45) is 0 Å². The number of nitrogens with one attached hydrogen (secondary N) is 1. The van der Waals surface area contributed by atoms with Crippen LogP contribution in [-0.4, -0.2) is 29.3 Å². The second-order valence-electron chi connectivity index (χ2n) is 5.73. The van der Waals surface area contributed by atoms with Gasteiger partial charge in [0.15, 0.2) is 0 Å². The minimum Gasteiger partial charge on any atom is -0.487 e. The SMILES string of the molecule is Fc1ccc(Nc2ncnc3cccc(OC4CCOC4)c23)cc1Cl. The number of fused-ring (bicyclic) bond motifs is 1. The van der Waals surface area contributed by atoms with Gasteiger partial charge in [-0.2, -0.15) is 0 Å². The third-order valence-electron chi connectivity index (χ3n) is 3.99. The lowest BCUT2D eigenvalue weighted by molar-refractivity contribution is 0.142. The van der Waals surface area contributed by atoms with Crippen LogP contribution in [0.1, 0.15) is 6.42 Å². The summed E-state index contributed by atoms with van der Waals surface area (Å²) in [6, 6.07) is 10.1. The second kappa shape index (κ2) is 6.82. The molecule has 2 heterocycles. The molecule has 1 atom stereocenters. The fraction of sp³-hybridized carbons (Fsp3) is 0.222. The van der Waals surface area contributed by atoms with Crippen LogP contribution in [0, 0.1) is 5.82 Å². The number of ether oxygens (including phenoxy) is 2. The van der Waals surface area contributed by atoms with E-state index in [0.29, 0.717) is 30.5 Å². The van der Waals surface area contributed by atoms with Gasteiger partial charge in [0.2, 0.25) is 0 Å². The van der Waals surface area contributed by atoms with Crippen LogP contribution >= 0.6 is 11.6 Å². The molecule has 0 aliphatic carbocycles. The maximum Gasteiger partial charge on any atom is 0.145 e. The van der Waals surface area contributed by atoms with E-state index in [1.54, 1.807) is 6.07 Å². The quantitative estimate of drug-likeness (QED) is 0.751. The summed E-state index contributed by atoms with van der Waals surface area (Å²) < 4.78 is 24.8. The lowest BCUT2D eigenvalue weighted by Crippen LogP contribution is -2.16. The average molecular weight is 360 g/mol. The van der Waals surface area contributed by atoms with Crippen LogP contribution in [0.3, 0.4) is 0 Å². The Kier molecular flexibility index (Phi) is 4.38. The van der Waals surface area contributed by atoms with Crippen LogP contribution in [0.5, 0.6) is 5.75 Å². The van der Waals surface area contributed by atoms with E-state index in [1.165, 1.54) is 18.5 Å². The molecule has 1 aliphatic heterocycles. The van der Waals surface area contributed by atoms with Crippen molar-refractivity contribution in [2.45, 2.75) is 12.5 Å². The van der Waals surface area contributed by atoms with E-state index in [4.69, 9.17) is 21.1 Å². The smallest absolute Gasteiger partial charge is 0.145 e. The van der Waals surface area contributed by atoms with Crippen molar-refractivity contribution in [3.63, 3.8) is 0 Å². The van der Waals surface area contributed by atoms with Crippen LogP contribution in [0.15, 0.2) is 42.7 Å². The number of benzene rings is 2. The third kappa shape index (κ3) is 3.36. The molecule has 1 fully saturated rings. The summed E-state index contributed by atoms with van der Waals surface area (Å²) in [7, 11) is 0. The molecule has 0 saturated carbocycles. The molecule has 25 heavy (non-hydrogen) atoms.